The van der Waals surface area contributed by atoms with Crippen LogP contribution < -0.4 is 10.6 Å². The van der Waals surface area contributed by atoms with Crippen LogP contribution in [0.4, 0.5) is 10.1 Å². The van der Waals surface area contributed by atoms with E-state index in [1.165, 1.54) is 12.4 Å². The van der Waals surface area contributed by atoms with Crippen molar-refractivity contribution in [3.05, 3.63) is 40.6 Å². The number of hydrogen-bond donors (Lipinski definition) is 1. The van der Waals surface area contributed by atoms with E-state index in [-0.39, 0.29) is 11.6 Å². The Labute approximate surface area is 135 Å². The lowest BCUT2D eigenvalue weighted by molar-refractivity contribution is 0.0997. The summed E-state index contributed by atoms with van der Waals surface area (Å²) in [5.41, 5.74) is 5.82. The molecule has 1 aliphatic rings. The second-order valence-corrected chi connectivity index (χ2v) is 6.16. The van der Waals surface area contributed by atoms with Gasteiger partial charge in [-0.05, 0) is 25.0 Å². The molecule has 2 N–H and O–H groups in total. The molecular formula is C14H15BrFN5O. The molecular weight excluding hydrogens is 353 g/mol. The molecule has 6 nitrogen and oxygen atoms in total. The monoisotopic (exact) mass is 367 g/mol. The van der Waals surface area contributed by atoms with Gasteiger partial charge < -0.3 is 10.6 Å². The third-order valence-corrected chi connectivity index (χ3v) is 4.35. The summed E-state index contributed by atoms with van der Waals surface area (Å²) in [6.45, 7) is 1.39. The highest BCUT2D eigenvalue weighted by Gasteiger charge is 2.25. The number of primary amides is 1. The van der Waals surface area contributed by atoms with Gasteiger partial charge in [0, 0.05) is 17.6 Å². The molecule has 1 aromatic carbocycles. The highest BCUT2D eigenvalue weighted by Crippen LogP contribution is 2.32. The van der Waals surface area contributed by atoms with E-state index >= 15 is 0 Å². The quantitative estimate of drug-likeness (QED) is 0.901. The number of carbonyl (C=O) groups excluding carboxylic acids is 1. The zero-order chi connectivity index (χ0) is 15.7. The summed E-state index contributed by atoms with van der Waals surface area (Å²) in [5, 5.41) is 4.16. The minimum Gasteiger partial charge on any atom is -0.371 e. The average Bonchev–Trinajstić information content (AvgIpc) is 3.00. The normalized spacial score (nSPS) is 16.0. The van der Waals surface area contributed by atoms with Crippen molar-refractivity contribution >= 4 is 27.5 Å². The van der Waals surface area contributed by atoms with Crippen LogP contribution in [0.1, 0.15) is 29.2 Å². The van der Waals surface area contributed by atoms with Crippen molar-refractivity contribution < 1.29 is 9.18 Å². The van der Waals surface area contributed by atoms with E-state index in [9.17, 15) is 9.18 Å². The van der Waals surface area contributed by atoms with Crippen LogP contribution in [0.2, 0.25) is 0 Å². The Hall–Kier alpha value is -1.96. The summed E-state index contributed by atoms with van der Waals surface area (Å²) < 4.78 is 16.5. The zero-order valence-electron chi connectivity index (χ0n) is 11.7. The first-order valence-electron chi connectivity index (χ1n) is 6.94. The predicted molar refractivity (Wildman–Crippen MR) is 83.1 cm³/mol. The van der Waals surface area contributed by atoms with Gasteiger partial charge >= 0.3 is 0 Å². The Bertz CT molecular complexity index is 683. The van der Waals surface area contributed by atoms with Crippen LogP contribution in [0.25, 0.3) is 0 Å². The first-order chi connectivity index (χ1) is 10.6. The largest absolute Gasteiger partial charge is 0.371 e. The maximum absolute atomic E-state index is 14.0. The number of rotatable bonds is 3. The topological polar surface area (TPSA) is 77.0 Å². The fourth-order valence-corrected chi connectivity index (χ4v) is 3.25. The number of carbonyl (C=O) groups is 1. The molecule has 3 rings (SSSR count). The third kappa shape index (κ3) is 2.83. The van der Waals surface area contributed by atoms with Gasteiger partial charge in [0.05, 0.1) is 17.3 Å². The predicted octanol–water partition coefficient (Wildman–Crippen LogP) is 2.12. The number of nitrogens with two attached hydrogens (primary N) is 1. The second-order valence-electron chi connectivity index (χ2n) is 5.24. The van der Waals surface area contributed by atoms with Crippen LogP contribution in [-0.2, 0) is 0 Å². The summed E-state index contributed by atoms with van der Waals surface area (Å²) in [4.78, 5) is 17.5. The van der Waals surface area contributed by atoms with Gasteiger partial charge in [-0.15, -0.1) is 0 Å². The maximum Gasteiger partial charge on any atom is 0.253 e. The van der Waals surface area contributed by atoms with Gasteiger partial charge in [-0.3, -0.25) is 4.79 Å². The number of anilines is 1. The summed E-state index contributed by atoms with van der Waals surface area (Å²) in [6.07, 6.45) is 4.90. The molecule has 0 unspecified atom stereocenters. The fourth-order valence-electron chi connectivity index (χ4n) is 2.83. The van der Waals surface area contributed by atoms with Crippen LogP contribution in [0.3, 0.4) is 0 Å². The van der Waals surface area contributed by atoms with Crippen LogP contribution in [0.5, 0.6) is 0 Å². The third-order valence-electron chi connectivity index (χ3n) is 3.90. The Kier molecular flexibility index (Phi) is 4.10. The van der Waals surface area contributed by atoms with Crippen LogP contribution in [-0.4, -0.2) is 33.8 Å². The summed E-state index contributed by atoms with van der Waals surface area (Å²) in [6, 6.07) is 3.26. The Morgan fingerprint density at radius 3 is 2.68 bits per heavy atom. The van der Waals surface area contributed by atoms with Crippen molar-refractivity contribution in [2.75, 3.05) is 18.0 Å². The van der Waals surface area contributed by atoms with Gasteiger partial charge in [0.15, 0.2) is 0 Å². The Balaban J connectivity index is 1.83. The molecule has 0 bridgehead atoms. The molecule has 1 amide bonds. The Morgan fingerprint density at radius 2 is 2.09 bits per heavy atom. The number of nitrogens with zero attached hydrogens (tertiary/aromatic N) is 4. The van der Waals surface area contributed by atoms with E-state index in [1.807, 2.05) is 9.58 Å². The van der Waals surface area contributed by atoms with E-state index in [0.717, 1.165) is 12.8 Å². The molecule has 1 aromatic heterocycles. The SMILES string of the molecule is NC(=O)c1c(F)cc(Br)cc1N1CCC(n2cncn2)CC1. The van der Waals surface area contributed by atoms with Crippen molar-refractivity contribution in [3.63, 3.8) is 0 Å². The maximum atomic E-state index is 14.0. The van der Waals surface area contributed by atoms with E-state index in [4.69, 9.17) is 5.73 Å². The first kappa shape index (κ1) is 15.0. The smallest absolute Gasteiger partial charge is 0.253 e. The molecule has 1 aliphatic heterocycles. The number of halogens is 2. The molecule has 0 spiro atoms. The van der Waals surface area contributed by atoms with Gasteiger partial charge in [-0.25, -0.2) is 14.1 Å². The molecule has 116 valence electrons. The average molecular weight is 368 g/mol. The van der Waals surface area contributed by atoms with E-state index < -0.39 is 11.7 Å². The summed E-state index contributed by atoms with van der Waals surface area (Å²) in [5.74, 6) is -1.35. The molecule has 8 heteroatoms. The first-order valence-corrected chi connectivity index (χ1v) is 7.73. The lowest BCUT2D eigenvalue weighted by Gasteiger charge is -2.34. The summed E-state index contributed by atoms with van der Waals surface area (Å²) >= 11 is 3.27. The molecule has 1 saturated heterocycles. The minimum atomic E-state index is -0.751. The molecule has 2 aromatic rings. The van der Waals surface area contributed by atoms with Crippen LogP contribution in [0, 0.1) is 5.82 Å². The van der Waals surface area contributed by atoms with Gasteiger partial charge in [0.1, 0.15) is 18.5 Å². The number of amides is 1. The van der Waals surface area contributed by atoms with Crippen LogP contribution in [0.15, 0.2) is 29.3 Å². The standard InChI is InChI=1S/C14H15BrFN5O/c15-9-5-11(16)13(14(17)22)12(6-9)20-3-1-10(2-4-20)21-8-18-7-19-21/h5-8,10H,1-4H2,(H2,17,22). The molecule has 0 saturated carbocycles. The van der Waals surface area contributed by atoms with Crippen molar-refractivity contribution in [2.45, 2.75) is 18.9 Å². The van der Waals surface area contributed by atoms with Crippen LogP contribution >= 0.6 is 15.9 Å². The van der Waals surface area contributed by atoms with Gasteiger partial charge in [0.25, 0.3) is 5.91 Å². The van der Waals surface area contributed by atoms with E-state index in [2.05, 4.69) is 26.0 Å². The molecule has 0 atom stereocenters. The zero-order valence-corrected chi connectivity index (χ0v) is 13.3. The molecule has 0 radical (unpaired) electrons. The Morgan fingerprint density at radius 1 is 1.36 bits per heavy atom. The molecule has 1 fully saturated rings. The number of piperidine rings is 1. The van der Waals surface area contributed by atoms with Gasteiger partial charge in [-0.1, -0.05) is 15.9 Å². The van der Waals surface area contributed by atoms with Crippen molar-refractivity contribution in [3.8, 4) is 0 Å². The lowest BCUT2D eigenvalue weighted by Crippen LogP contribution is -2.36. The molecule has 22 heavy (non-hydrogen) atoms. The molecule has 2 heterocycles. The second kappa shape index (κ2) is 6.04. The van der Waals surface area contributed by atoms with E-state index in [0.29, 0.717) is 23.2 Å². The highest BCUT2D eigenvalue weighted by atomic mass is 79.9. The number of hydrogen-bond acceptors (Lipinski definition) is 4. The fraction of sp³-hybridized carbons (Fsp3) is 0.357. The van der Waals surface area contributed by atoms with Crippen molar-refractivity contribution in [1.29, 1.82) is 0 Å². The minimum absolute atomic E-state index is 0.0533. The number of benzene rings is 1. The van der Waals surface area contributed by atoms with Crippen molar-refractivity contribution in [2.24, 2.45) is 5.73 Å². The summed E-state index contributed by atoms with van der Waals surface area (Å²) in [7, 11) is 0. The van der Waals surface area contributed by atoms with Gasteiger partial charge in [0.2, 0.25) is 0 Å². The van der Waals surface area contributed by atoms with Crippen molar-refractivity contribution in [1.82, 2.24) is 14.8 Å². The highest BCUT2D eigenvalue weighted by molar-refractivity contribution is 9.10. The lowest BCUT2D eigenvalue weighted by atomic mass is 10.0. The van der Waals surface area contributed by atoms with Gasteiger partial charge in [-0.2, -0.15) is 5.10 Å². The molecule has 0 aliphatic carbocycles. The van der Waals surface area contributed by atoms with E-state index in [1.54, 1.807) is 12.4 Å². The number of aromatic nitrogens is 3.